The number of hydrogen-bond acceptors (Lipinski definition) is 15. The van der Waals surface area contributed by atoms with Gasteiger partial charge in [-0.25, -0.2) is 14.0 Å². The molecule has 21 nitrogen and oxygen atoms in total. The molecular formula is C68H79FN6O15. The summed E-state index contributed by atoms with van der Waals surface area (Å²) in [5.41, 5.74) is 1.25. The number of phenols is 1. The average Bonchev–Trinajstić information content (AvgIpc) is 2.08. The van der Waals surface area contributed by atoms with Gasteiger partial charge in [0, 0.05) is 59.6 Å². The van der Waals surface area contributed by atoms with Crippen LogP contribution < -0.4 is 24.8 Å². The molecule has 2 heterocycles. The topological polar surface area (TPSA) is 257 Å². The summed E-state index contributed by atoms with van der Waals surface area (Å²) in [5.74, 6) is -7.32. The third kappa shape index (κ3) is 18.7. The molecule has 7 rings (SSSR count). The van der Waals surface area contributed by atoms with E-state index >= 15 is 4.39 Å². The summed E-state index contributed by atoms with van der Waals surface area (Å²) >= 11 is 0. The Morgan fingerprint density at radius 1 is 0.689 bits per heavy atom. The molecule has 5 atom stereocenters. The first kappa shape index (κ1) is 67.9. The van der Waals surface area contributed by atoms with E-state index in [2.05, 4.69) is 10.6 Å². The summed E-state index contributed by atoms with van der Waals surface area (Å²) in [6, 6.07) is 28.3. The molecule has 22 heteroatoms. The number of ketones is 1. The quantitative estimate of drug-likeness (QED) is 0.100. The van der Waals surface area contributed by atoms with Crippen LogP contribution in [0.25, 0.3) is 0 Å². The van der Waals surface area contributed by atoms with Crippen molar-refractivity contribution in [1.82, 2.24) is 30.2 Å². The normalized spacial score (nSPS) is 21.0. The fourth-order valence-electron chi connectivity index (χ4n) is 10.6. The Labute approximate surface area is 523 Å². The highest BCUT2D eigenvalue weighted by atomic mass is 19.1. The SMILES string of the molecule is COc1cc(CC[C@H]2OC(=O)[C@@H]3CCCCN3C(=O)C(=O)C(C)(C)COC(=O)C=CCCN(C)C(=O)[C@@H](Cc3ccccc3)NC(=O)CN(C)C(=O)[C@@H](Cc3ccccc3)NC(=O)[C@H](Cc3ccc(O)cc3)N(C)C(=O)COc3cccc2c3)cc(F)c1OC. The van der Waals surface area contributed by atoms with Gasteiger partial charge in [-0.15, -0.1) is 0 Å². The van der Waals surface area contributed by atoms with Crippen molar-refractivity contribution < 1.29 is 76.3 Å². The van der Waals surface area contributed by atoms with E-state index in [9.17, 15) is 48.3 Å². The number of nitrogens with zero attached hydrogens (tertiary/aromatic N) is 4. The molecule has 478 valence electrons. The van der Waals surface area contributed by atoms with Crippen molar-refractivity contribution in [2.45, 2.75) is 102 Å². The highest BCUT2D eigenvalue weighted by Gasteiger charge is 2.43. The van der Waals surface area contributed by atoms with Crippen molar-refractivity contribution in [3.8, 4) is 23.0 Å². The van der Waals surface area contributed by atoms with Crippen molar-refractivity contribution in [2.75, 3.05) is 68.2 Å². The zero-order chi connectivity index (χ0) is 65.1. The molecule has 2 aliphatic heterocycles. The number of rotatable bonds is 11. The molecule has 0 spiro atoms. The number of Topliss-reactive ketones (excluding diaryl/α,β-unsaturated/α-hetero) is 1. The molecule has 0 aliphatic carbocycles. The van der Waals surface area contributed by atoms with Gasteiger partial charge in [0.05, 0.1) is 26.2 Å². The largest absolute Gasteiger partial charge is 0.508 e. The first-order valence-corrected chi connectivity index (χ1v) is 29.8. The number of aryl methyl sites for hydroxylation is 1. The van der Waals surface area contributed by atoms with E-state index in [4.69, 9.17) is 23.7 Å². The van der Waals surface area contributed by atoms with Gasteiger partial charge in [-0.1, -0.05) is 91.0 Å². The van der Waals surface area contributed by atoms with Crippen LogP contribution in [0.2, 0.25) is 0 Å². The number of fused-ring (bicyclic) bond motifs is 3. The average molecular weight is 1240 g/mol. The van der Waals surface area contributed by atoms with E-state index < -0.39 is 114 Å². The maximum Gasteiger partial charge on any atom is 0.330 e. The Morgan fingerprint density at radius 2 is 1.33 bits per heavy atom. The van der Waals surface area contributed by atoms with Crippen molar-refractivity contribution in [3.63, 3.8) is 0 Å². The molecule has 1 saturated heterocycles. The molecule has 90 heavy (non-hydrogen) atoms. The van der Waals surface area contributed by atoms with E-state index in [1.54, 1.807) is 97.1 Å². The third-order valence-corrected chi connectivity index (χ3v) is 15.8. The van der Waals surface area contributed by atoms with Gasteiger partial charge in [-0.05, 0) is 117 Å². The Balaban J connectivity index is 1.22. The second-order valence-corrected chi connectivity index (χ2v) is 23.1. The molecular weight excluding hydrogens is 1160 g/mol. The first-order chi connectivity index (χ1) is 43.0. The van der Waals surface area contributed by atoms with Crippen LogP contribution >= 0.6 is 0 Å². The molecule has 1 fully saturated rings. The van der Waals surface area contributed by atoms with E-state index in [1.165, 1.54) is 88.2 Å². The molecule has 0 unspecified atom stereocenters. The number of aromatic hydroxyl groups is 1. The van der Waals surface area contributed by atoms with Crippen LogP contribution in [0.4, 0.5) is 4.39 Å². The number of carbonyl (C=O) groups is 9. The van der Waals surface area contributed by atoms with Crippen LogP contribution in [0.1, 0.15) is 79.9 Å². The number of ether oxygens (including phenoxy) is 5. The van der Waals surface area contributed by atoms with Crippen molar-refractivity contribution in [2.24, 2.45) is 5.41 Å². The second-order valence-electron chi connectivity index (χ2n) is 23.1. The summed E-state index contributed by atoms with van der Waals surface area (Å²) in [6.07, 6.45) is 2.98. The standard InChI is InChI=1S/C68H79FN6O15/c1-68(2)43-89-60(79)26-15-16-33-72(3)64(82)52(36-44-19-10-8-11-20-44)70-58(77)41-73(4)65(83)53(37-45-21-12-9-13-22-45)71-63(81)55(38-46-27-30-49(76)31-28-46)74(5)59(78)42-88-50-24-18-23-48(40-50)56(32-29-47-35-51(69)61(87-7)57(39-47)86-6)90-67(85)54-25-14-17-34-75(54)66(84)62(68)80/h8-13,15,18-24,26-28,30-31,35,39-40,52-56,76H,14,16-17,25,29,32-34,36-38,41-43H2,1-7H3,(H,70,77)(H,71,81)/t52-,53-,54+,55+,56-/m1/s1. The monoisotopic (exact) mass is 1240 g/mol. The number of amides is 6. The number of halogens is 1. The van der Waals surface area contributed by atoms with Crippen LogP contribution in [0.3, 0.4) is 0 Å². The van der Waals surface area contributed by atoms with Crippen LogP contribution in [0.5, 0.6) is 23.0 Å². The van der Waals surface area contributed by atoms with Crippen LogP contribution in [-0.4, -0.2) is 170 Å². The minimum atomic E-state index is -1.55. The van der Waals surface area contributed by atoms with E-state index in [0.717, 1.165) is 16.5 Å². The van der Waals surface area contributed by atoms with Gasteiger partial charge in [0.25, 0.3) is 11.8 Å². The summed E-state index contributed by atoms with van der Waals surface area (Å²) in [4.78, 5) is 133. The van der Waals surface area contributed by atoms with Crippen molar-refractivity contribution >= 4 is 53.2 Å². The number of nitrogens with one attached hydrogen (secondary N) is 2. The lowest BCUT2D eigenvalue weighted by Gasteiger charge is -2.36. The molecule has 6 amide bonds. The zero-order valence-electron chi connectivity index (χ0n) is 51.8. The zero-order valence-corrected chi connectivity index (χ0v) is 51.8. The molecule has 5 aromatic carbocycles. The van der Waals surface area contributed by atoms with Gasteiger partial charge in [0.15, 0.2) is 23.9 Å². The molecule has 3 N–H and O–H groups in total. The first-order valence-electron chi connectivity index (χ1n) is 29.8. The number of piperidine rings is 1. The van der Waals surface area contributed by atoms with Crippen molar-refractivity contribution in [3.05, 3.63) is 167 Å². The predicted molar refractivity (Wildman–Crippen MR) is 329 cm³/mol. The lowest BCUT2D eigenvalue weighted by atomic mass is 9.87. The number of hydrogen-bond donors (Lipinski definition) is 3. The summed E-state index contributed by atoms with van der Waals surface area (Å²) < 4.78 is 43.8. The molecule has 2 aliphatic rings. The smallest absolute Gasteiger partial charge is 0.330 e. The highest BCUT2D eigenvalue weighted by molar-refractivity contribution is 6.38. The van der Waals surface area contributed by atoms with Gasteiger partial charge in [0.1, 0.15) is 48.4 Å². The van der Waals surface area contributed by atoms with Crippen LogP contribution in [-0.2, 0) is 78.3 Å². The lowest BCUT2D eigenvalue weighted by molar-refractivity contribution is -0.165. The Bertz CT molecular complexity index is 3380. The lowest BCUT2D eigenvalue weighted by Crippen LogP contribution is -2.57. The predicted octanol–water partition coefficient (Wildman–Crippen LogP) is 6.07. The number of likely N-dealkylation sites (N-methyl/N-ethyl adjacent to an activating group) is 3. The van der Waals surface area contributed by atoms with Gasteiger partial charge >= 0.3 is 11.9 Å². The fourth-order valence-corrected chi connectivity index (χ4v) is 10.6. The summed E-state index contributed by atoms with van der Waals surface area (Å²) in [6.45, 7) is 1.38. The second kappa shape index (κ2) is 32.0. The minimum absolute atomic E-state index is 0.0251. The molecule has 0 radical (unpaired) electrons. The molecule has 2 bridgehead atoms. The number of cyclic esters (lactones) is 2. The summed E-state index contributed by atoms with van der Waals surface area (Å²) in [7, 11) is 7.00. The Kier molecular flexibility index (Phi) is 24.2. The molecule has 0 saturated carbocycles. The van der Waals surface area contributed by atoms with Gasteiger partial charge in [-0.2, -0.15) is 0 Å². The maximum atomic E-state index is 15.3. The number of carbonyl (C=O) groups excluding carboxylic acids is 9. The molecule has 0 aromatic heterocycles. The van der Waals surface area contributed by atoms with Crippen LogP contribution in [0, 0.1) is 11.2 Å². The van der Waals surface area contributed by atoms with E-state index in [1.807, 2.05) is 6.07 Å². The Hall–Kier alpha value is -9.60. The highest BCUT2D eigenvalue weighted by Crippen LogP contribution is 2.35. The summed E-state index contributed by atoms with van der Waals surface area (Å²) in [5, 5.41) is 15.8. The van der Waals surface area contributed by atoms with Crippen molar-refractivity contribution in [1.29, 1.82) is 0 Å². The van der Waals surface area contributed by atoms with Crippen LogP contribution in [0.15, 0.2) is 133 Å². The molecule has 5 aromatic rings. The third-order valence-electron chi connectivity index (χ3n) is 15.8. The number of esters is 2. The van der Waals surface area contributed by atoms with E-state index in [0.29, 0.717) is 35.1 Å². The number of benzene rings is 5. The van der Waals surface area contributed by atoms with Gasteiger partial charge in [0.2, 0.25) is 29.4 Å². The van der Waals surface area contributed by atoms with Gasteiger partial charge in [-0.3, -0.25) is 33.6 Å². The fraction of sp³-hybridized carbons (Fsp3) is 0.397. The number of methoxy groups -OCH3 is 2. The minimum Gasteiger partial charge on any atom is -0.508 e. The van der Waals surface area contributed by atoms with E-state index in [-0.39, 0.29) is 81.0 Å². The maximum absolute atomic E-state index is 15.3. The van der Waals surface area contributed by atoms with Gasteiger partial charge < -0.3 is 59.0 Å². The Morgan fingerprint density at radius 3 is 1.99 bits per heavy atom. The number of phenolic OH excluding ortho intramolecular Hbond substituents is 1.